The molecule has 0 aliphatic carbocycles. The van der Waals surface area contributed by atoms with Gasteiger partial charge in [0.15, 0.2) is 0 Å². The molecule has 1 heterocycles. The molecule has 3 N–H and O–H groups in total. The molecule has 6 nitrogen and oxygen atoms in total. The lowest BCUT2D eigenvalue weighted by Gasteiger charge is -2.08. The van der Waals surface area contributed by atoms with E-state index in [1.807, 2.05) is 6.07 Å². The molecular weight excluding hydrogens is 414 g/mol. The normalized spacial score (nSPS) is 11.0. The number of methoxy groups -OCH3 is 2. The maximum atomic E-state index is 12.0. The second-order valence-corrected chi connectivity index (χ2v) is 8.99. The summed E-state index contributed by atoms with van der Waals surface area (Å²) in [6.07, 6.45) is 18.9. The second-order valence-electron chi connectivity index (χ2n) is 8.99. The number of rotatable bonds is 19. The Morgan fingerprint density at radius 3 is 1.82 bits per heavy atom. The fourth-order valence-corrected chi connectivity index (χ4v) is 4.19. The first-order valence-electron chi connectivity index (χ1n) is 12.6. The Bertz CT molecular complexity index is 781. The van der Waals surface area contributed by atoms with Crippen LogP contribution in [-0.4, -0.2) is 30.2 Å². The van der Waals surface area contributed by atoms with Crippen LogP contribution in [0.1, 0.15) is 94.6 Å². The van der Waals surface area contributed by atoms with Crippen LogP contribution in [0.5, 0.6) is 11.5 Å². The van der Waals surface area contributed by atoms with Crippen molar-refractivity contribution in [2.75, 3.05) is 20.0 Å². The Kier molecular flexibility index (Phi) is 13.1. The van der Waals surface area contributed by atoms with Gasteiger partial charge < -0.3 is 15.2 Å². The summed E-state index contributed by atoms with van der Waals surface area (Å²) >= 11 is 0. The number of aromatic amines is 1. The van der Waals surface area contributed by atoms with E-state index in [1.165, 1.54) is 69.8 Å². The number of anilines is 1. The highest BCUT2D eigenvalue weighted by atomic mass is 16.5. The van der Waals surface area contributed by atoms with Gasteiger partial charge in [0.1, 0.15) is 23.1 Å². The van der Waals surface area contributed by atoms with Gasteiger partial charge in [-0.3, -0.25) is 9.89 Å². The number of aromatic nitrogens is 2. The third kappa shape index (κ3) is 11.3. The summed E-state index contributed by atoms with van der Waals surface area (Å²) in [5, 5.41) is 6.53. The molecular formula is C27H43N3O3. The quantitative estimate of drug-likeness (QED) is 0.237. The third-order valence-electron chi connectivity index (χ3n) is 6.22. The number of Topliss-reactive ketones (excluding diaryl/α,β-unsaturated/α-hetero) is 1. The Morgan fingerprint density at radius 2 is 1.33 bits per heavy atom. The van der Waals surface area contributed by atoms with Gasteiger partial charge in [-0.05, 0) is 37.0 Å². The van der Waals surface area contributed by atoms with E-state index < -0.39 is 0 Å². The van der Waals surface area contributed by atoms with Crippen LogP contribution in [0.2, 0.25) is 0 Å². The number of nitrogens with one attached hydrogen (secondary N) is 1. The highest BCUT2D eigenvalue weighted by Gasteiger charge is 2.08. The number of hydrogen-bond donors (Lipinski definition) is 2. The van der Waals surface area contributed by atoms with Gasteiger partial charge in [-0.15, -0.1) is 0 Å². The van der Waals surface area contributed by atoms with Crippen molar-refractivity contribution in [2.24, 2.45) is 0 Å². The number of aryl methyl sites for hydroxylation is 1. The van der Waals surface area contributed by atoms with Crippen molar-refractivity contribution in [3.8, 4) is 11.5 Å². The summed E-state index contributed by atoms with van der Waals surface area (Å²) < 4.78 is 10.7. The molecule has 1 aromatic heterocycles. The van der Waals surface area contributed by atoms with Crippen LogP contribution in [0.15, 0.2) is 24.4 Å². The lowest BCUT2D eigenvalue weighted by Crippen LogP contribution is -2.03. The van der Waals surface area contributed by atoms with E-state index in [2.05, 4.69) is 22.3 Å². The molecule has 0 radical (unpaired) electrons. The van der Waals surface area contributed by atoms with Crippen molar-refractivity contribution in [1.29, 1.82) is 0 Å². The van der Waals surface area contributed by atoms with Crippen LogP contribution in [0.4, 0.5) is 5.82 Å². The van der Waals surface area contributed by atoms with E-state index in [0.717, 1.165) is 36.3 Å². The van der Waals surface area contributed by atoms with Crippen molar-refractivity contribution in [3.05, 3.63) is 35.5 Å². The predicted octanol–water partition coefficient (Wildman–Crippen LogP) is 6.43. The summed E-state index contributed by atoms with van der Waals surface area (Å²) in [7, 11) is 3.40. The number of ether oxygens (including phenoxy) is 2. The molecule has 0 aliphatic heterocycles. The van der Waals surface area contributed by atoms with Crippen LogP contribution in [-0.2, 0) is 17.6 Å². The number of unbranched alkanes of at least 4 members (excludes halogenated alkanes) is 11. The van der Waals surface area contributed by atoms with Gasteiger partial charge in [0.05, 0.1) is 20.4 Å². The smallest absolute Gasteiger partial charge is 0.137 e. The highest BCUT2D eigenvalue weighted by molar-refractivity contribution is 5.81. The summed E-state index contributed by atoms with van der Waals surface area (Å²) in [5.41, 5.74) is 7.83. The van der Waals surface area contributed by atoms with Crippen LogP contribution >= 0.6 is 0 Å². The lowest BCUT2D eigenvalue weighted by atomic mass is 10.0. The minimum Gasteiger partial charge on any atom is -0.497 e. The Balaban J connectivity index is 1.36. The van der Waals surface area contributed by atoms with E-state index in [9.17, 15) is 4.79 Å². The molecule has 0 fully saturated rings. The van der Waals surface area contributed by atoms with Gasteiger partial charge >= 0.3 is 0 Å². The number of nitrogens with two attached hydrogens (primary N) is 1. The Morgan fingerprint density at radius 1 is 0.818 bits per heavy atom. The van der Waals surface area contributed by atoms with E-state index in [1.54, 1.807) is 20.4 Å². The van der Waals surface area contributed by atoms with Crippen molar-refractivity contribution >= 4 is 11.6 Å². The van der Waals surface area contributed by atoms with Gasteiger partial charge in [0, 0.05) is 24.5 Å². The molecule has 0 aliphatic rings. The van der Waals surface area contributed by atoms with Crippen LogP contribution < -0.4 is 15.2 Å². The zero-order valence-electron chi connectivity index (χ0n) is 20.7. The van der Waals surface area contributed by atoms with Crippen molar-refractivity contribution in [2.45, 2.75) is 96.3 Å². The standard InChI is InChI=1S/C27H43N3O3/c1-32-25-17-22(18-26(20-25)33-2)15-13-11-9-7-5-3-4-6-8-10-12-14-16-24(31)19-23-21-29-30-27(23)28/h17-18,20-21H,3-16,19H2,1-2H3,(H3,28,29,30). The van der Waals surface area contributed by atoms with Gasteiger partial charge in [-0.2, -0.15) is 5.10 Å². The van der Waals surface area contributed by atoms with E-state index >= 15 is 0 Å². The van der Waals surface area contributed by atoms with Crippen molar-refractivity contribution in [1.82, 2.24) is 10.2 Å². The molecule has 0 spiro atoms. The molecule has 184 valence electrons. The summed E-state index contributed by atoms with van der Waals surface area (Å²) in [4.78, 5) is 12.0. The zero-order valence-corrected chi connectivity index (χ0v) is 20.7. The number of ketones is 1. The molecule has 0 atom stereocenters. The Labute approximate surface area is 199 Å². The average molecular weight is 458 g/mol. The molecule has 0 amide bonds. The van der Waals surface area contributed by atoms with Crippen LogP contribution in [0, 0.1) is 0 Å². The molecule has 0 bridgehead atoms. The monoisotopic (exact) mass is 457 g/mol. The first-order valence-corrected chi connectivity index (χ1v) is 12.6. The number of hydrogen-bond acceptors (Lipinski definition) is 5. The molecule has 0 unspecified atom stereocenters. The SMILES string of the molecule is COc1cc(CCCCCCCCCCCCCCC(=O)Cc2cn[nH]c2N)cc(OC)c1. The van der Waals surface area contributed by atoms with Gasteiger partial charge in [0.25, 0.3) is 0 Å². The average Bonchev–Trinajstić information content (AvgIpc) is 3.22. The fraction of sp³-hybridized carbons (Fsp3) is 0.630. The number of benzene rings is 1. The zero-order chi connectivity index (χ0) is 23.7. The second kappa shape index (κ2) is 16.2. The molecule has 1 aromatic carbocycles. The minimum atomic E-state index is 0.256. The minimum absolute atomic E-state index is 0.256. The number of carbonyl (C=O) groups is 1. The van der Waals surface area contributed by atoms with Crippen molar-refractivity contribution < 1.29 is 14.3 Å². The third-order valence-corrected chi connectivity index (χ3v) is 6.22. The number of nitrogens with zero attached hydrogens (tertiary/aromatic N) is 1. The molecule has 2 rings (SSSR count). The van der Waals surface area contributed by atoms with Gasteiger partial charge in [0.2, 0.25) is 0 Å². The topological polar surface area (TPSA) is 90.2 Å². The molecule has 33 heavy (non-hydrogen) atoms. The summed E-state index contributed by atoms with van der Waals surface area (Å²) in [6.45, 7) is 0. The van der Waals surface area contributed by atoms with Crippen LogP contribution in [0.3, 0.4) is 0 Å². The summed E-state index contributed by atoms with van der Waals surface area (Å²) in [5.74, 6) is 2.51. The first kappa shape index (κ1) is 26.7. The van der Waals surface area contributed by atoms with Gasteiger partial charge in [-0.1, -0.05) is 64.2 Å². The maximum absolute atomic E-state index is 12.0. The van der Waals surface area contributed by atoms with Crippen molar-refractivity contribution in [3.63, 3.8) is 0 Å². The highest BCUT2D eigenvalue weighted by Crippen LogP contribution is 2.24. The molecule has 6 heteroatoms. The lowest BCUT2D eigenvalue weighted by molar-refractivity contribution is -0.118. The van der Waals surface area contributed by atoms with E-state index in [-0.39, 0.29) is 5.78 Å². The first-order chi connectivity index (χ1) is 16.1. The fourth-order valence-electron chi connectivity index (χ4n) is 4.19. The van der Waals surface area contributed by atoms with E-state index in [0.29, 0.717) is 18.7 Å². The van der Waals surface area contributed by atoms with E-state index in [4.69, 9.17) is 15.2 Å². The number of H-pyrrole nitrogens is 1. The van der Waals surface area contributed by atoms with Crippen LogP contribution in [0.25, 0.3) is 0 Å². The van der Waals surface area contributed by atoms with Gasteiger partial charge in [-0.25, -0.2) is 0 Å². The Hall–Kier alpha value is -2.50. The summed E-state index contributed by atoms with van der Waals surface area (Å²) in [6, 6.07) is 6.14. The number of nitrogen functional groups attached to an aromatic ring is 1. The number of carbonyl (C=O) groups excluding carboxylic acids is 1. The predicted molar refractivity (Wildman–Crippen MR) is 135 cm³/mol. The molecule has 0 saturated heterocycles. The largest absolute Gasteiger partial charge is 0.497 e. The maximum Gasteiger partial charge on any atom is 0.137 e. The molecule has 0 saturated carbocycles. The molecule has 2 aromatic rings.